The SMILES string of the molecule is CCCN(C(=O)c1cnc2c(c1)nnn2C)C1CC(OCC)C1(C)C. The molecule has 0 N–H and O–H groups in total. The average molecular weight is 345 g/mol. The Bertz CT molecular complexity index is 770. The molecule has 1 aliphatic rings. The van der Waals surface area contributed by atoms with E-state index in [2.05, 4.69) is 36.1 Å². The van der Waals surface area contributed by atoms with Gasteiger partial charge in [0.25, 0.3) is 5.91 Å². The first-order chi connectivity index (χ1) is 11.9. The number of amides is 1. The Balaban J connectivity index is 1.85. The molecule has 3 rings (SSSR count). The van der Waals surface area contributed by atoms with Crippen LogP contribution in [0.2, 0.25) is 0 Å². The number of aromatic nitrogens is 4. The molecule has 136 valence electrons. The molecule has 1 fully saturated rings. The van der Waals surface area contributed by atoms with Crippen LogP contribution < -0.4 is 0 Å². The van der Waals surface area contributed by atoms with Crippen molar-refractivity contribution in [3.8, 4) is 0 Å². The molecular weight excluding hydrogens is 318 g/mol. The summed E-state index contributed by atoms with van der Waals surface area (Å²) in [5, 5.41) is 8.03. The fourth-order valence-corrected chi connectivity index (χ4v) is 3.73. The van der Waals surface area contributed by atoms with Gasteiger partial charge >= 0.3 is 0 Å². The number of hydrogen-bond donors (Lipinski definition) is 0. The van der Waals surface area contributed by atoms with Gasteiger partial charge in [0.15, 0.2) is 5.65 Å². The third-order valence-electron chi connectivity index (χ3n) is 5.28. The lowest BCUT2D eigenvalue weighted by Gasteiger charge is -2.55. The number of nitrogens with zero attached hydrogens (tertiary/aromatic N) is 5. The minimum absolute atomic E-state index is 0.00919. The highest BCUT2D eigenvalue weighted by Crippen LogP contribution is 2.46. The number of ether oxygens (including phenoxy) is 1. The third kappa shape index (κ3) is 3.01. The van der Waals surface area contributed by atoms with Crippen LogP contribution in [0.1, 0.15) is 50.9 Å². The molecule has 25 heavy (non-hydrogen) atoms. The highest BCUT2D eigenvalue weighted by atomic mass is 16.5. The number of fused-ring (bicyclic) bond motifs is 1. The van der Waals surface area contributed by atoms with Crippen molar-refractivity contribution in [3.63, 3.8) is 0 Å². The van der Waals surface area contributed by atoms with Crippen molar-refractivity contribution in [1.29, 1.82) is 0 Å². The quantitative estimate of drug-likeness (QED) is 0.804. The zero-order valence-electron chi connectivity index (χ0n) is 15.7. The predicted molar refractivity (Wildman–Crippen MR) is 95.2 cm³/mol. The fraction of sp³-hybridized carbons (Fsp3) is 0.667. The first-order valence-electron chi connectivity index (χ1n) is 8.98. The summed E-state index contributed by atoms with van der Waals surface area (Å²) >= 11 is 0. The van der Waals surface area contributed by atoms with Crippen molar-refractivity contribution < 1.29 is 9.53 Å². The monoisotopic (exact) mass is 345 g/mol. The molecule has 0 spiro atoms. The summed E-state index contributed by atoms with van der Waals surface area (Å²) in [5.74, 6) is 0.00919. The number of pyridine rings is 1. The summed E-state index contributed by atoms with van der Waals surface area (Å²) in [7, 11) is 1.79. The normalized spacial score (nSPS) is 22.0. The van der Waals surface area contributed by atoms with Crippen molar-refractivity contribution in [2.24, 2.45) is 12.5 Å². The summed E-state index contributed by atoms with van der Waals surface area (Å²) in [4.78, 5) is 19.5. The highest BCUT2D eigenvalue weighted by molar-refractivity contribution is 5.96. The molecule has 1 aliphatic carbocycles. The van der Waals surface area contributed by atoms with Crippen LogP contribution in [0.3, 0.4) is 0 Å². The van der Waals surface area contributed by atoms with E-state index in [9.17, 15) is 4.79 Å². The molecule has 0 aromatic carbocycles. The summed E-state index contributed by atoms with van der Waals surface area (Å²) in [6.45, 7) is 9.90. The molecule has 0 bridgehead atoms. The lowest BCUT2D eigenvalue weighted by atomic mass is 9.63. The highest BCUT2D eigenvalue weighted by Gasteiger charge is 2.52. The Morgan fingerprint density at radius 1 is 1.44 bits per heavy atom. The fourth-order valence-electron chi connectivity index (χ4n) is 3.73. The molecule has 1 amide bonds. The van der Waals surface area contributed by atoms with Gasteiger partial charge < -0.3 is 9.64 Å². The molecule has 2 unspecified atom stereocenters. The lowest BCUT2D eigenvalue weighted by Crippen LogP contribution is -2.63. The lowest BCUT2D eigenvalue weighted by molar-refractivity contribution is -0.140. The molecule has 0 radical (unpaired) electrons. The van der Waals surface area contributed by atoms with Crippen LogP contribution in [0, 0.1) is 5.41 Å². The van der Waals surface area contributed by atoms with Gasteiger partial charge in [-0.2, -0.15) is 0 Å². The largest absolute Gasteiger partial charge is 0.378 e. The van der Waals surface area contributed by atoms with Gasteiger partial charge in [-0.25, -0.2) is 9.67 Å². The molecule has 2 heterocycles. The Kier molecular flexibility index (Phi) is 4.77. The number of carbonyl (C=O) groups excluding carboxylic acids is 1. The zero-order chi connectivity index (χ0) is 18.2. The molecule has 0 saturated heterocycles. The van der Waals surface area contributed by atoms with Crippen molar-refractivity contribution in [2.45, 2.75) is 52.7 Å². The molecular formula is C18H27N5O2. The van der Waals surface area contributed by atoms with Crippen molar-refractivity contribution in [1.82, 2.24) is 24.9 Å². The summed E-state index contributed by atoms with van der Waals surface area (Å²) in [6.07, 6.45) is 3.63. The number of carbonyl (C=O) groups is 1. The number of rotatable bonds is 6. The van der Waals surface area contributed by atoms with Crippen molar-refractivity contribution in [2.75, 3.05) is 13.2 Å². The third-order valence-corrected chi connectivity index (χ3v) is 5.28. The average Bonchev–Trinajstić information content (AvgIpc) is 2.97. The maximum atomic E-state index is 13.2. The van der Waals surface area contributed by atoms with Gasteiger partial charge in [0.1, 0.15) is 5.52 Å². The molecule has 0 aliphatic heterocycles. The van der Waals surface area contributed by atoms with Crippen LogP contribution in [0.15, 0.2) is 12.3 Å². The van der Waals surface area contributed by atoms with E-state index in [-0.39, 0.29) is 23.5 Å². The zero-order valence-corrected chi connectivity index (χ0v) is 15.7. The maximum absolute atomic E-state index is 13.2. The summed E-state index contributed by atoms with van der Waals surface area (Å²) in [5.41, 5.74) is 1.84. The topological polar surface area (TPSA) is 73.1 Å². The van der Waals surface area contributed by atoms with Crippen LogP contribution in [0.25, 0.3) is 11.2 Å². The van der Waals surface area contributed by atoms with Gasteiger partial charge in [-0.15, -0.1) is 5.10 Å². The molecule has 7 heteroatoms. The standard InChI is InChI=1S/C18H27N5O2/c1-6-8-23(14-10-15(25-7-2)18(14,3)4)17(24)12-9-13-16(19-11-12)22(5)21-20-13/h9,11,14-15H,6-8,10H2,1-5H3. The van der Waals surface area contributed by atoms with E-state index < -0.39 is 0 Å². The van der Waals surface area contributed by atoms with Gasteiger partial charge in [0.05, 0.1) is 11.7 Å². The van der Waals surface area contributed by atoms with E-state index in [0.717, 1.165) is 19.4 Å². The van der Waals surface area contributed by atoms with E-state index in [4.69, 9.17) is 4.74 Å². The number of hydrogen-bond acceptors (Lipinski definition) is 5. The second kappa shape index (κ2) is 6.71. The van der Waals surface area contributed by atoms with Gasteiger partial charge in [-0.05, 0) is 25.8 Å². The van der Waals surface area contributed by atoms with Gasteiger partial charge in [-0.1, -0.05) is 26.0 Å². The number of aryl methyl sites for hydroxylation is 1. The first-order valence-corrected chi connectivity index (χ1v) is 8.98. The van der Waals surface area contributed by atoms with E-state index in [1.54, 1.807) is 24.0 Å². The van der Waals surface area contributed by atoms with Gasteiger partial charge in [0.2, 0.25) is 0 Å². The van der Waals surface area contributed by atoms with E-state index in [1.807, 2.05) is 11.8 Å². The summed E-state index contributed by atoms with van der Waals surface area (Å²) < 4.78 is 7.43. The van der Waals surface area contributed by atoms with Crippen LogP contribution >= 0.6 is 0 Å². The minimum Gasteiger partial charge on any atom is -0.378 e. The van der Waals surface area contributed by atoms with Crippen molar-refractivity contribution >= 4 is 17.1 Å². The minimum atomic E-state index is -0.0507. The van der Waals surface area contributed by atoms with E-state index in [0.29, 0.717) is 23.3 Å². The second-order valence-electron chi connectivity index (χ2n) is 7.30. The van der Waals surface area contributed by atoms with Crippen LogP contribution in [-0.4, -0.2) is 56.1 Å². The Morgan fingerprint density at radius 2 is 2.20 bits per heavy atom. The Labute approximate surface area is 148 Å². The Hall–Kier alpha value is -2.02. The van der Waals surface area contributed by atoms with Crippen molar-refractivity contribution in [3.05, 3.63) is 17.8 Å². The second-order valence-corrected chi connectivity index (χ2v) is 7.30. The molecule has 1 saturated carbocycles. The van der Waals surface area contributed by atoms with Crippen LogP contribution in [0.4, 0.5) is 0 Å². The molecule has 2 atom stereocenters. The molecule has 2 aromatic heterocycles. The first kappa shape index (κ1) is 17.8. The maximum Gasteiger partial charge on any atom is 0.255 e. The van der Waals surface area contributed by atoms with Gasteiger partial charge in [0, 0.05) is 37.9 Å². The van der Waals surface area contributed by atoms with E-state index >= 15 is 0 Å². The molecule has 2 aromatic rings. The molecule has 7 nitrogen and oxygen atoms in total. The smallest absolute Gasteiger partial charge is 0.255 e. The Morgan fingerprint density at radius 3 is 2.84 bits per heavy atom. The predicted octanol–water partition coefficient (Wildman–Crippen LogP) is 2.42. The van der Waals surface area contributed by atoms with E-state index in [1.165, 1.54) is 0 Å². The van der Waals surface area contributed by atoms with Crippen LogP contribution in [0.5, 0.6) is 0 Å². The van der Waals surface area contributed by atoms with Crippen LogP contribution in [-0.2, 0) is 11.8 Å². The summed E-state index contributed by atoms with van der Waals surface area (Å²) in [6, 6.07) is 1.96. The van der Waals surface area contributed by atoms with Gasteiger partial charge in [-0.3, -0.25) is 4.79 Å².